The van der Waals surface area contributed by atoms with Gasteiger partial charge in [-0.3, -0.25) is 4.79 Å². The zero-order valence-corrected chi connectivity index (χ0v) is 27.9. The molecule has 0 unspecified atom stereocenters. The molecule has 0 aromatic heterocycles. The Balaban J connectivity index is 1.34. The number of ether oxygens (including phenoxy) is 2. The number of fused-ring (bicyclic) bond motifs is 4. The molecule has 8 atom stereocenters. The lowest BCUT2D eigenvalue weighted by Gasteiger charge is -2.54. The molecule has 45 heavy (non-hydrogen) atoms. The summed E-state index contributed by atoms with van der Waals surface area (Å²) < 4.78 is 54.0. The number of carbonyl (C=O) groups is 2. The van der Waals surface area contributed by atoms with Crippen LogP contribution in [0.15, 0.2) is 53.6 Å². The lowest BCUT2D eigenvalue weighted by atomic mass is 9.50. The Morgan fingerprint density at radius 3 is 2.38 bits per heavy atom. The van der Waals surface area contributed by atoms with Gasteiger partial charge in [0.2, 0.25) is 0 Å². The predicted octanol–water partition coefficient (Wildman–Crippen LogP) is 9.53. The summed E-state index contributed by atoms with van der Waals surface area (Å²) in [6, 6.07) is 6.94. The molecule has 0 bridgehead atoms. The van der Waals surface area contributed by atoms with Gasteiger partial charge in [-0.05, 0) is 104 Å². The fraction of sp³-hybridized carbons (Fsp3) is 0.684. The van der Waals surface area contributed by atoms with E-state index in [-0.39, 0.29) is 34.0 Å². The largest absolute Gasteiger partial charge is 0.460 e. The monoisotopic (exact) mass is 628 g/mol. The van der Waals surface area contributed by atoms with Crippen LogP contribution in [0.3, 0.4) is 0 Å². The normalized spacial score (nSPS) is 33.6. The van der Waals surface area contributed by atoms with Crippen LogP contribution in [-0.2, 0) is 24.7 Å². The average Bonchev–Trinajstić information content (AvgIpc) is 3.34. The molecule has 5 rings (SSSR count). The van der Waals surface area contributed by atoms with E-state index in [1.165, 1.54) is 35.4 Å². The van der Waals surface area contributed by atoms with Crippen molar-refractivity contribution in [3.63, 3.8) is 0 Å². The predicted molar refractivity (Wildman–Crippen MR) is 169 cm³/mol. The molecule has 4 aliphatic carbocycles. The number of hydrogen-bond acceptors (Lipinski definition) is 4. The molecule has 0 radical (unpaired) electrons. The van der Waals surface area contributed by atoms with Crippen molar-refractivity contribution >= 4 is 11.8 Å². The second kappa shape index (κ2) is 12.3. The summed E-state index contributed by atoms with van der Waals surface area (Å²) in [5.41, 5.74) is 0.0215. The van der Waals surface area contributed by atoms with Crippen molar-refractivity contribution in [1.82, 2.24) is 0 Å². The zero-order valence-electron chi connectivity index (χ0n) is 27.9. The second-order valence-electron chi connectivity index (χ2n) is 15.3. The van der Waals surface area contributed by atoms with Gasteiger partial charge in [0, 0.05) is 19.1 Å². The SMILES string of the molecule is C=C(CC[C@@H](C)[C@H]1CC[C@H]2C3=C(CC[C@]12C)[C@@]1(C)CC[C@H](OC(=O)[C@@](OC)(c2ccccc2)C(F)(F)F)C[C@@H]1CC3=O)C(C)C. The fourth-order valence-corrected chi connectivity index (χ4v) is 9.76. The van der Waals surface area contributed by atoms with E-state index in [0.29, 0.717) is 43.4 Å². The molecule has 1 aromatic rings. The summed E-state index contributed by atoms with van der Waals surface area (Å²) in [7, 11) is 0.890. The van der Waals surface area contributed by atoms with Crippen LogP contribution in [0.4, 0.5) is 13.2 Å². The molecule has 4 nitrogen and oxygen atoms in total. The molecule has 0 saturated heterocycles. The first-order valence-electron chi connectivity index (χ1n) is 16.9. The number of alkyl halides is 3. The second-order valence-corrected chi connectivity index (χ2v) is 15.3. The maximum atomic E-state index is 14.5. The molecule has 0 amide bonds. The van der Waals surface area contributed by atoms with Gasteiger partial charge in [0.25, 0.3) is 5.60 Å². The quantitative estimate of drug-likeness (QED) is 0.202. The van der Waals surface area contributed by atoms with Crippen molar-refractivity contribution < 1.29 is 32.2 Å². The van der Waals surface area contributed by atoms with Gasteiger partial charge in [-0.1, -0.05) is 82.7 Å². The third kappa shape index (κ3) is 5.63. The van der Waals surface area contributed by atoms with Crippen molar-refractivity contribution in [3.05, 3.63) is 59.2 Å². The van der Waals surface area contributed by atoms with E-state index in [1.807, 2.05) is 0 Å². The molecule has 1 aromatic carbocycles. The van der Waals surface area contributed by atoms with Gasteiger partial charge in [0.15, 0.2) is 5.78 Å². The zero-order chi connectivity index (χ0) is 32.9. The number of ketones is 1. The standard InChI is InChI=1S/C38H51F3O4/c1-23(2)24(3)13-14-25(4)29-15-16-30-33-31(18-20-36(29,30)6)35(5)19-17-28(21-27(35)22-32(33)42)45-34(43)37(44-7,38(39,40)41)26-11-9-8-10-12-26/h8-12,23,25,27-30H,3,13-22H2,1-2,4-7H3/t25-,27-,28+,29-,30+,35+,36-,37+/m1/s1. The summed E-state index contributed by atoms with van der Waals surface area (Å²) in [5, 5.41) is 0. The first-order chi connectivity index (χ1) is 21.1. The first kappa shape index (κ1) is 33.9. The Morgan fingerprint density at radius 1 is 1.07 bits per heavy atom. The van der Waals surface area contributed by atoms with E-state index in [2.05, 4.69) is 41.2 Å². The van der Waals surface area contributed by atoms with Crippen molar-refractivity contribution in [1.29, 1.82) is 0 Å². The molecule has 248 valence electrons. The van der Waals surface area contributed by atoms with Gasteiger partial charge in [0.05, 0.1) is 0 Å². The molecule has 7 heteroatoms. The Bertz CT molecular complexity index is 1330. The van der Waals surface area contributed by atoms with Crippen molar-refractivity contribution in [2.24, 2.45) is 40.4 Å². The van der Waals surface area contributed by atoms with Crippen LogP contribution in [0.2, 0.25) is 0 Å². The van der Waals surface area contributed by atoms with Gasteiger partial charge in [-0.2, -0.15) is 13.2 Å². The number of rotatable bonds is 9. The smallest absolute Gasteiger partial charge is 0.432 e. The maximum absolute atomic E-state index is 14.5. The van der Waals surface area contributed by atoms with E-state index in [1.54, 1.807) is 6.07 Å². The summed E-state index contributed by atoms with van der Waals surface area (Å²) >= 11 is 0. The van der Waals surface area contributed by atoms with Crippen LogP contribution in [0.1, 0.15) is 104 Å². The lowest BCUT2D eigenvalue weighted by Crippen LogP contribution is -2.53. The molecule has 0 N–H and O–H groups in total. The fourth-order valence-electron chi connectivity index (χ4n) is 9.76. The lowest BCUT2D eigenvalue weighted by molar-refractivity contribution is -0.279. The van der Waals surface area contributed by atoms with Crippen LogP contribution >= 0.6 is 0 Å². The number of carbonyl (C=O) groups excluding carboxylic acids is 2. The summed E-state index contributed by atoms with van der Waals surface area (Å²) in [6.45, 7) is 15.7. The van der Waals surface area contributed by atoms with Crippen LogP contribution in [0.25, 0.3) is 0 Å². The van der Waals surface area contributed by atoms with Crippen molar-refractivity contribution in [2.45, 2.75) is 117 Å². The van der Waals surface area contributed by atoms with Gasteiger partial charge in [-0.15, -0.1) is 0 Å². The number of esters is 1. The molecule has 0 spiro atoms. The highest BCUT2D eigenvalue weighted by molar-refractivity contribution is 5.98. The number of halogens is 3. The van der Waals surface area contributed by atoms with Crippen LogP contribution in [0, 0.1) is 40.4 Å². The Morgan fingerprint density at radius 2 is 1.76 bits per heavy atom. The minimum absolute atomic E-state index is 0.0719. The van der Waals surface area contributed by atoms with E-state index >= 15 is 0 Å². The van der Waals surface area contributed by atoms with E-state index in [9.17, 15) is 22.8 Å². The Labute approximate surface area is 267 Å². The highest BCUT2D eigenvalue weighted by Crippen LogP contribution is 2.65. The van der Waals surface area contributed by atoms with Gasteiger partial charge in [-0.25, -0.2) is 4.79 Å². The molecule has 0 aliphatic heterocycles. The first-order valence-corrected chi connectivity index (χ1v) is 16.9. The summed E-state index contributed by atoms with van der Waals surface area (Å²) in [5.74, 6) is 0.578. The van der Waals surface area contributed by atoms with Crippen LogP contribution in [-0.4, -0.2) is 31.1 Å². The minimum Gasteiger partial charge on any atom is -0.460 e. The molecular weight excluding hydrogens is 577 g/mol. The van der Waals surface area contributed by atoms with Crippen molar-refractivity contribution in [3.8, 4) is 0 Å². The van der Waals surface area contributed by atoms with Gasteiger partial charge < -0.3 is 9.47 Å². The molecule has 2 fully saturated rings. The van der Waals surface area contributed by atoms with Crippen LogP contribution in [0.5, 0.6) is 0 Å². The number of allylic oxidation sites excluding steroid dienone is 3. The van der Waals surface area contributed by atoms with Gasteiger partial charge >= 0.3 is 12.1 Å². The average molecular weight is 629 g/mol. The van der Waals surface area contributed by atoms with Crippen molar-refractivity contribution in [2.75, 3.05) is 7.11 Å². The topological polar surface area (TPSA) is 52.6 Å². The van der Waals surface area contributed by atoms with E-state index in [0.717, 1.165) is 51.2 Å². The third-order valence-corrected chi connectivity index (χ3v) is 12.7. The van der Waals surface area contributed by atoms with E-state index in [4.69, 9.17) is 9.47 Å². The Kier molecular flexibility index (Phi) is 9.29. The summed E-state index contributed by atoms with van der Waals surface area (Å²) in [6.07, 6.45) is 2.45. The maximum Gasteiger partial charge on any atom is 0.432 e. The number of hydrogen-bond donors (Lipinski definition) is 0. The number of benzene rings is 1. The summed E-state index contributed by atoms with van der Waals surface area (Å²) in [4.78, 5) is 27.3. The van der Waals surface area contributed by atoms with Crippen LogP contribution < -0.4 is 0 Å². The molecular formula is C38H51F3O4. The third-order valence-electron chi connectivity index (χ3n) is 12.7. The highest BCUT2D eigenvalue weighted by atomic mass is 19.4. The Hall–Kier alpha value is -2.41. The number of methoxy groups -OCH3 is 1. The molecule has 4 aliphatic rings. The van der Waals surface area contributed by atoms with Gasteiger partial charge in [0.1, 0.15) is 6.10 Å². The molecule has 0 heterocycles. The highest BCUT2D eigenvalue weighted by Gasteiger charge is 2.65. The molecule has 2 saturated carbocycles. The minimum atomic E-state index is -5.02. The number of Topliss-reactive ketones (excluding diaryl/α,β-unsaturated/α-hetero) is 1. The van der Waals surface area contributed by atoms with E-state index < -0.39 is 23.9 Å².